The molecular formula is C25H23N3O4S. The Morgan fingerprint density at radius 3 is 2.48 bits per heavy atom. The molecule has 168 valence electrons. The zero-order valence-electron chi connectivity index (χ0n) is 18.5. The molecule has 0 radical (unpaired) electrons. The number of amides is 1. The Kier molecular flexibility index (Phi) is 8.06. The van der Waals surface area contributed by atoms with E-state index in [1.807, 2.05) is 12.3 Å². The average Bonchev–Trinajstić information content (AvgIpc) is 2.82. The summed E-state index contributed by atoms with van der Waals surface area (Å²) >= 11 is 1.36. The topological polar surface area (TPSA) is 101 Å². The highest BCUT2D eigenvalue weighted by molar-refractivity contribution is 7.98. The van der Waals surface area contributed by atoms with Crippen molar-refractivity contribution in [3.63, 3.8) is 0 Å². The molecule has 3 rings (SSSR count). The molecule has 7 nitrogen and oxygen atoms in total. The van der Waals surface area contributed by atoms with Gasteiger partial charge < -0.3 is 15.0 Å². The first-order valence-electron chi connectivity index (χ1n) is 10.1. The Morgan fingerprint density at radius 2 is 1.82 bits per heavy atom. The first-order chi connectivity index (χ1) is 15.9. The van der Waals surface area contributed by atoms with Crippen LogP contribution in [0.3, 0.4) is 0 Å². The van der Waals surface area contributed by atoms with Crippen LogP contribution in [0.25, 0.3) is 0 Å². The van der Waals surface area contributed by atoms with Crippen molar-refractivity contribution >= 4 is 29.3 Å². The van der Waals surface area contributed by atoms with Crippen LogP contribution in [0.4, 0.5) is 5.69 Å². The van der Waals surface area contributed by atoms with Crippen LogP contribution in [0.15, 0.2) is 58.5 Å². The molecule has 2 aromatic carbocycles. The quantitative estimate of drug-likeness (QED) is 0.252. The summed E-state index contributed by atoms with van der Waals surface area (Å²) in [7, 11) is 1.33. The zero-order chi connectivity index (χ0) is 23.8. The highest BCUT2D eigenvalue weighted by Crippen LogP contribution is 2.13. The van der Waals surface area contributed by atoms with Gasteiger partial charge in [0.05, 0.1) is 12.7 Å². The number of H-pyrrole nitrogens is 1. The van der Waals surface area contributed by atoms with Crippen LogP contribution < -0.4 is 10.9 Å². The third-order valence-corrected chi connectivity index (χ3v) is 5.36. The van der Waals surface area contributed by atoms with E-state index in [-0.39, 0.29) is 17.9 Å². The second kappa shape index (κ2) is 11.2. The highest BCUT2D eigenvalue weighted by atomic mass is 32.2. The fourth-order valence-corrected chi connectivity index (χ4v) is 3.52. The molecule has 8 heteroatoms. The third-order valence-electron chi connectivity index (χ3n) is 4.78. The fourth-order valence-electron chi connectivity index (χ4n) is 3.10. The van der Waals surface area contributed by atoms with Gasteiger partial charge in [0.25, 0.3) is 5.56 Å². The number of aromatic amines is 1. The number of carbonyl (C=O) groups is 2. The maximum Gasteiger partial charge on any atom is 0.337 e. The van der Waals surface area contributed by atoms with Gasteiger partial charge in [-0.25, -0.2) is 9.78 Å². The van der Waals surface area contributed by atoms with Gasteiger partial charge in [-0.2, -0.15) is 0 Å². The first-order valence-corrected chi connectivity index (χ1v) is 11.4. The Balaban J connectivity index is 1.65. The number of nitrogens with zero attached hydrogens (tertiary/aromatic N) is 1. The molecule has 0 saturated heterocycles. The molecule has 0 saturated carbocycles. The number of thioether (sulfide) groups is 1. The summed E-state index contributed by atoms with van der Waals surface area (Å²) < 4.78 is 4.73. The number of carbonyl (C=O) groups excluding carboxylic acids is 2. The van der Waals surface area contributed by atoms with Crippen molar-refractivity contribution in [3.8, 4) is 11.8 Å². The van der Waals surface area contributed by atoms with Crippen molar-refractivity contribution in [1.82, 2.24) is 9.97 Å². The fraction of sp³-hybridized carbons (Fsp3) is 0.200. The van der Waals surface area contributed by atoms with E-state index in [0.29, 0.717) is 45.2 Å². The molecule has 1 aromatic heterocycles. The number of aromatic nitrogens is 2. The Hall–Kier alpha value is -3.83. The van der Waals surface area contributed by atoms with Gasteiger partial charge in [-0.15, -0.1) is 0 Å². The molecule has 0 fully saturated rings. The van der Waals surface area contributed by atoms with Crippen LogP contribution in [0.5, 0.6) is 0 Å². The van der Waals surface area contributed by atoms with Crippen LogP contribution in [0.2, 0.25) is 0 Å². The lowest BCUT2D eigenvalue weighted by Gasteiger charge is -2.07. The number of ether oxygens (including phenoxy) is 1. The van der Waals surface area contributed by atoms with Crippen molar-refractivity contribution < 1.29 is 14.3 Å². The van der Waals surface area contributed by atoms with Gasteiger partial charge in [-0.05, 0) is 56.0 Å². The number of methoxy groups -OCH3 is 1. The minimum atomic E-state index is -0.420. The highest BCUT2D eigenvalue weighted by Gasteiger charge is 2.11. The molecule has 0 unspecified atom stereocenters. The van der Waals surface area contributed by atoms with Gasteiger partial charge >= 0.3 is 5.97 Å². The van der Waals surface area contributed by atoms with E-state index in [1.165, 1.54) is 18.9 Å². The van der Waals surface area contributed by atoms with Crippen molar-refractivity contribution in [2.45, 2.75) is 24.9 Å². The molecule has 0 bridgehead atoms. The lowest BCUT2D eigenvalue weighted by atomic mass is 10.1. The van der Waals surface area contributed by atoms with E-state index in [9.17, 15) is 14.4 Å². The van der Waals surface area contributed by atoms with Crippen molar-refractivity contribution in [2.24, 2.45) is 0 Å². The van der Waals surface area contributed by atoms with E-state index in [2.05, 4.69) is 27.1 Å². The smallest absolute Gasteiger partial charge is 0.337 e. The molecule has 0 spiro atoms. The standard InChI is InChI=1S/C25H23N3O4S/c1-16-21(23(30)28-25(26-16)33-3)12-13-22(29)27-20-9-5-7-18(15-20)11-10-17-6-4-8-19(14-17)24(31)32-2/h4-9,14-15H,12-13H2,1-3H3,(H,27,29)(H,26,28,30). The molecular weight excluding hydrogens is 438 g/mol. The van der Waals surface area contributed by atoms with Gasteiger partial charge in [0.1, 0.15) is 0 Å². The van der Waals surface area contributed by atoms with E-state index in [4.69, 9.17) is 4.74 Å². The SMILES string of the molecule is COC(=O)c1cccc(C#Cc2cccc(NC(=O)CCc3c(C)nc(SC)[nH]c3=O)c2)c1. The maximum atomic E-state index is 12.4. The van der Waals surface area contributed by atoms with E-state index >= 15 is 0 Å². The molecule has 0 aliphatic carbocycles. The minimum Gasteiger partial charge on any atom is -0.465 e. The lowest BCUT2D eigenvalue weighted by molar-refractivity contribution is -0.116. The van der Waals surface area contributed by atoms with E-state index < -0.39 is 5.97 Å². The van der Waals surface area contributed by atoms with Crippen molar-refractivity contribution in [3.05, 3.63) is 86.8 Å². The molecule has 3 aromatic rings. The van der Waals surface area contributed by atoms with Crippen molar-refractivity contribution in [2.75, 3.05) is 18.7 Å². The summed E-state index contributed by atoms with van der Waals surface area (Å²) in [5, 5.41) is 3.40. The third kappa shape index (κ3) is 6.57. The maximum absolute atomic E-state index is 12.4. The molecule has 0 aliphatic heterocycles. The monoisotopic (exact) mass is 461 g/mol. The number of esters is 1. The predicted octanol–water partition coefficient (Wildman–Crippen LogP) is 3.56. The number of benzene rings is 2. The number of aryl methyl sites for hydroxylation is 1. The second-order valence-electron chi connectivity index (χ2n) is 7.09. The average molecular weight is 462 g/mol. The summed E-state index contributed by atoms with van der Waals surface area (Å²) in [6.45, 7) is 1.77. The van der Waals surface area contributed by atoms with Crippen LogP contribution in [0.1, 0.15) is 39.2 Å². The van der Waals surface area contributed by atoms with Gasteiger partial charge in [-0.3, -0.25) is 9.59 Å². The van der Waals surface area contributed by atoms with Gasteiger partial charge in [0.15, 0.2) is 5.16 Å². The van der Waals surface area contributed by atoms with Gasteiger partial charge in [0.2, 0.25) is 5.91 Å². The Bertz CT molecular complexity index is 1300. The number of hydrogen-bond donors (Lipinski definition) is 2. The van der Waals surface area contributed by atoms with Crippen LogP contribution in [0, 0.1) is 18.8 Å². The first kappa shape index (κ1) is 23.8. The molecule has 33 heavy (non-hydrogen) atoms. The van der Waals surface area contributed by atoms with Crippen molar-refractivity contribution in [1.29, 1.82) is 0 Å². The van der Waals surface area contributed by atoms with Crippen LogP contribution >= 0.6 is 11.8 Å². The normalized spacial score (nSPS) is 10.2. The van der Waals surface area contributed by atoms with E-state index in [1.54, 1.807) is 49.4 Å². The van der Waals surface area contributed by atoms with Crippen LogP contribution in [-0.4, -0.2) is 35.2 Å². The number of nitrogens with one attached hydrogen (secondary N) is 2. The molecule has 1 heterocycles. The molecule has 2 N–H and O–H groups in total. The predicted molar refractivity (Wildman–Crippen MR) is 129 cm³/mol. The van der Waals surface area contributed by atoms with Gasteiger partial charge in [0, 0.05) is 34.5 Å². The Morgan fingerprint density at radius 1 is 1.12 bits per heavy atom. The van der Waals surface area contributed by atoms with E-state index in [0.717, 1.165) is 0 Å². The largest absolute Gasteiger partial charge is 0.465 e. The Labute approximate surface area is 196 Å². The summed E-state index contributed by atoms with van der Waals surface area (Å²) in [6, 6.07) is 14.0. The lowest BCUT2D eigenvalue weighted by Crippen LogP contribution is -2.20. The summed E-state index contributed by atoms with van der Waals surface area (Å²) in [6.07, 6.45) is 2.29. The van der Waals surface area contributed by atoms with Crippen LogP contribution in [-0.2, 0) is 16.0 Å². The molecule has 0 atom stereocenters. The number of hydrogen-bond acceptors (Lipinski definition) is 6. The minimum absolute atomic E-state index is 0.153. The second-order valence-corrected chi connectivity index (χ2v) is 7.89. The summed E-state index contributed by atoms with van der Waals surface area (Å²) in [5.74, 6) is 5.42. The molecule has 1 amide bonds. The molecule has 0 aliphatic rings. The number of rotatable bonds is 6. The number of anilines is 1. The van der Waals surface area contributed by atoms with Gasteiger partial charge in [-0.1, -0.05) is 35.7 Å². The zero-order valence-corrected chi connectivity index (χ0v) is 19.3. The summed E-state index contributed by atoms with van der Waals surface area (Å²) in [5.41, 5.74) is 3.35. The summed E-state index contributed by atoms with van der Waals surface area (Å²) in [4.78, 5) is 43.3.